The lowest BCUT2D eigenvalue weighted by atomic mass is 9.72. The molecule has 5 rings (SSSR count). The van der Waals surface area contributed by atoms with Crippen molar-refractivity contribution in [1.82, 2.24) is 4.90 Å². The van der Waals surface area contributed by atoms with Crippen LogP contribution in [0.2, 0.25) is 0 Å². The first-order chi connectivity index (χ1) is 14.1. The minimum atomic E-state index is -1.24. The van der Waals surface area contributed by atoms with Crippen molar-refractivity contribution < 1.29 is 9.59 Å². The van der Waals surface area contributed by atoms with Crippen molar-refractivity contribution >= 4 is 22.8 Å². The van der Waals surface area contributed by atoms with E-state index in [9.17, 15) is 9.59 Å². The first-order valence-corrected chi connectivity index (χ1v) is 9.87. The molecule has 3 aromatic rings. The van der Waals surface area contributed by atoms with E-state index in [1.165, 1.54) is 0 Å². The predicted molar refractivity (Wildman–Crippen MR) is 114 cm³/mol. The van der Waals surface area contributed by atoms with Crippen LogP contribution in [0.3, 0.4) is 0 Å². The van der Waals surface area contributed by atoms with E-state index >= 15 is 0 Å². The van der Waals surface area contributed by atoms with E-state index in [1.54, 1.807) is 4.90 Å². The van der Waals surface area contributed by atoms with Gasteiger partial charge in [-0.15, -0.1) is 0 Å². The number of ketones is 1. The van der Waals surface area contributed by atoms with Crippen molar-refractivity contribution in [3.63, 3.8) is 0 Å². The minimum absolute atomic E-state index is 0.0402. The van der Waals surface area contributed by atoms with Crippen LogP contribution in [0.1, 0.15) is 29.2 Å². The van der Waals surface area contributed by atoms with Gasteiger partial charge in [0.05, 0.1) is 6.54 Å². The molecule has 142 valence electrons. The molecular weight excluding hydrogens is 358 g/mol. The quantitative estimate of drug-likeness (QED) is 0.629. The lowest BCUT2D eigenvalue weighted by Gasteiger charge is -2.27. The average Bonchev–Trinajstić information content (AvgIpc) is 3.17. The molecule has 1 aliphatic heterocycles. The zero-order valence-corrected chi connectivity index (χ0v) is 16.3. The summed E-state index contributed by atoms with van der Waals surface area (Å²) in [5.41, 5.74) is 4.39. The Hall–Kier alpha value is -3.46. The number of nitrogens with zero attached hydrogens (tertiary/aromatic N) is 1. The summed E-state index contributed by atoms with van der Waals surface area (Å²) in [5, 5.41) is 0. The molecule has 0 aromatic heterocycles. The van der Waals surface area contributed by atoms with Gasteiger partial charge in [0.25, 0.3) is 0 Å². The number of fused-ring (bicyclic) bond motifs is 2. The van der Waals surface area contributed by atoms with Crippen LogP contribution in [0.5, 0.6) is 0 Å². The Morgan fingerprint density at radius 3 is 2.17 bits per heavy atom. The van der Waals surface area contributed by atoms with Gasteiger partial charge in [-0.25, -0.2) is 0 Å². The van der Waals surface area contributed by atoms with E-state index in [1.807, 2.05) is 91.9 Å². The van der Waals surface area contributed by atoms with Gasteiger partial charge in [-0.05, 0) is 40.3 Å². The number of likely N-dealkylation sites (tertiary alicyclic amines) is 1. The first-order valence-electron chi connectivity index (χ1n) is 9.87. The SMILES string of the molecule is CC1=C(c2ccccc2)[C@@]2(C(=O)CN(Cc3ccccc3)C2=O)c2ccccc21. The Morgan fingerprint density at radius 2 is 1.45 bits per heavy atom. The molecule has 1 spiro atoms. The summed E-state index contributed by atoms with van der Waals surface area (Å²) in [6.07, 6.45) is 0. The van der Waals surface area contributed by atoms with Crippen LogP contribution >= 0.6 is 0 Å². The van der Waals surface area contributed by atoms with Crippen LogP contribution in [0.4, 0.5) is 0 Å². The standard InChI is InChI=1S/C26H21NO2/c1-18-21-14-8-9-15-22(21)26(24(18)20-12-6-3-7-13-20)23(28)17-27(25(26)29)16-19-10-4-2-5-11-19/h2-15H,16-17H2,1H3/t26-/m0/s1. The maximum atomic E-state index is 13.9. The number of carbonyl (C=O) groups excluding carboxylic acids is 2. The monoisotopic (exact) mass is 379 g/mol. The number of rotatable bonds is 3. The highest BCUT2D eigenvalue weighted by Gasteiger charge is 2.61. The van der Waals surface area contributed by atoms with Gasteiger partial charge >= 0.3 is 0 Å². The van der Waals surface area contributed by atoms with Gasteiger partial charge in [-0.1, -0.05) is 84.9 Å². The van der Waals surface area contributed by atoms with Gasteiger partial charge in [0.15, 0.2) is 11.2 Å². The van der Waals surface area contributed by atoms with Gasteiger partial charge in [-0.2, -0.15) is 0 Å². The van der Waals surface area contributed by atoms with Gasteiger partial charge in [0, 0.05) is 6.54 Å². The van der Waals surface area contributed by atoms with E-state index in [-0.39, 0.29) is 18.2 Å². The smallest absolute Gasteiger partial charge is 0.246 e. The summed E-state index contributed by atoms with van der Waals surface area (Å²) in [6, 6.07) is 27.5. The number of amides is 1. The van der Waals surface area contributed by atoms with Crippen molar-refractivity contribution in [2.24, 2.45) is 0 Å². The van der Waals surface area contributed by atoms with Crippen LogP contribution in [0.15, 0.2) is 84.9 Å². The highest BCUT2D eigenvalue weighted by Crippen LogP contribution is 2.54. The van der Waals surface area contributed by atoms with Crippen LogP contribution in [-0.2, 0) is 21.5 Å². The van der Waals surface area contributed by atoms with Crippen molar-refractivity contribution in [3.8, 4) is 0 Å². The maximum absolute atomic E-state index is 13.9. The van der Waals surface area contributed by atoms with E-state index in [0.29, 0.717) is 6.54 Å². The van der Waals surface area contributed by atoms with Crippen LogP contribution in [-0.4, -0.2) is 23.1 Å². The molecule has 0 bridgehead atoms. The molecule has 0 unspecified atom stereocenters. The molecule has 2 aliphatic rings. The second-order valence-corrected chi connectivity index (χ2v) is 7.73. The predicted octanol–water partition coefficient (Wildman–Crippen LogP) is 4.48. The number of Topliss-reactive ketones (excluding diaryl/α,β-unsaturated/α-hetero) is 1. The fourth-order valence-corrected chi connectivity index (χ4v) is 4.89. The summed E-state index contributed by atoms with van der Waals surface area (Å²) in [5.74, 6) is -0.156. The molecule has 1 atom stereocenters. The summed E-state index contributed by atoms with van der Waals surface area (Å²) in [4.78, 5) is 29.2. The largest absolute Gasteiger partial charge is 0.330 e. The minimum Gasteiger partial charge on any atom is -0.330 e. The molecule has 29 heavy (non-hydrogen) atoms. The Balaban J connectivity index is 1.69. The van der Waals surface area contributed by atoms with E-state index in [4.69, 9.17) is 0 Å². The highest BCUT2D eigenvalue weighted by atomic mass is 16.2. The Bertz CT molecular complexity index is 1150. The zero-order valence-electron chi connectivity index (χ0n) is 16.3. The Kier molecular flexibility index (Phi) is 3.99. The molecule has 1 amide bonds. The summed E-state index contributed by atoms with van der Waals surface area (Å²) < 4.78 is 0. The first kappa shape index (κ1) is 17.6. The summed E-state index contributed by atoms with van der Waals surface area (Å²) in [6.45, 7) is 2.60. The number of hydrogen-bond donors (Lipinski definition) is 0. The molecule has 1 fully saturated rings. The third-order valence-corrected chi connectivity index (χ3v) is 6.12. The molecule has 1 saturated heterocycles. The van der Waals surface area contributed by atoms with Gasteiger partial charge in [0.1, 0.15) is 0 Å². The zero-order chi connectivity index (χ0) is 20.0. The summed E-state index contributed by atoms with van der Waals surface area (Å²) in [7, 11) is 0. The maximum Gasteiger partial charge on any atom is 0.246 e. The third kappa shape index (κ3) is 2.44. The van der Waals surface area contributed by atoms with Crippen LogP contribution < -0.4 is 0 Å². The van der Waals surface area contributed by atoms with E-state index in [0.717, 1.165) is 33.4 Å². The van der Waals surface area contributed by atoms with Gasteiger partial charge in [0.2, 0.25) is 5.91 Å². The number of allylic oxidation sites excluding steroid dienone is 1. The molecule has 1 aliphatic carbocycles. The molecule has 0 N–H and O–H groups in total. The van der Waals surface area contributed by atoms with Crippen molar-refractivity contribution in [2.75, 3.05) is 6.54 Å². The molecule has 0 saturated carbocycles. The molecule has 3 nitrogen and oxygen atoms in total. The third-order valence-electron chi connectivity index (χ3n) is 6.12. The normalized spacial score (nSPS) is 20.7. The van der Waals surface area contributed by atoms with Gasteiger partial charge in [-0.3, -0.25) is 9.59 Å². The van der Waals surface area contributed by atoms with Crippen LogP contribution in [0, 0.1) is 0 Å². The Labute approximate surface area is 170 Å². The fourth-order valence-electron chi connectivity index (χ4n) is 4.89. The van der Waals surface area contributed by atoms with E-state index < -0.39 is 5.41 Å². The Morgan fingerprint density at radius 1 is 0.828 bits per heavy atom. The number of benzene rings is 3. The lowest BCUT2D eigenvalue weighted by Crippen LogP contribution is -2.41. The fraction of sp³-hybridized carbons (Fsp3) is 0.154. The molecule has 1 heterocycles. The summed E-state index contributed by atoms with van der Waals surface area (Å²) >= 11 is 0. The molecular formula is C26H21NO2. The number of carbonyl (C=O) groups is 2. The van der Waals surface area contributed by atoms with Crippen LogP contribution in [0.25, 0.3) is 11.1 Å². The van der Waals surface area contributed by atoms with Crippen molar-refractivity contribution in [3.05, 3.63) is 107 Å². The lowest BCUT2D eigenvalue weighted by molar-refractivity contribution is -0.132. The topological polar surface area (TPSA) is 37.4 Å². The van der Waals surface area contributed by atoms with Crippen molar-refractivity contribution in [1.29, 1.82) is 0 Å². The van der Waals surface area contributed by atoms with E-state index in [2.05, 4.69) is 0 Å². The average molecular weight is 379 g/mol. The second kappa shape index (κ2) is 6.56. The molecule has 3 aromatic carbocycles. The van der Waals surface area contributed by atoms with Gasteiger partial charge < -0.3 is 4.90 Å². The second-order valence-electron chi connectivity index (χ2n) is 7.73. The number of hydrogen-bond acceptors (Lipinski definition) is 2. The van der Waals surface area contributed by atoms with Crippen molar-refractivity contribution in [2.45, 2.75) is 18.9 Å². The highest BCUT2D eigenvalue weighted by molar-refractivity contribution is 6.32. The molecule has 0 radical (unpaired) electrons. The molecule has 3 heteroatoms.